The van der Waals surface area contributed by atoms with Gasteiger partial charge >= 0.3 is 0 Å². The summed E-state index contributed by atoms with van der Waals surface area (Å²) in [6.07, 6.45) is 2.70. The largest absolute Gasteiger partial charge is 0.269 e. The lowest BCUT2D eigenvalue weighted by Crippen LogP contribution is -1.87. The maximum absolute atomic E-state index is 10.7. The second-order valence-electron chi connectivity index (χ2n) is 2.21. The van der Waals surface area contributed by atoms with Crippen LogP contribution in [0.4, 0.5) is 0 Å². The standard InChI is InChI=1S/C10H9NO/c1-2-10(12)11-8-9-6-4-3-5-7-9/h2-8H,1H2. The Bertz CT molecular complexity index is 301. The van der Waals surface area contributed by atoms with Crippen LogP contribution in [0, 0.1) is 0 Å². The molecule has 0 unspecified atom stereocenters. The van der Waals surface area contributed by atoms with Gasteiger partial charge in [-0.25, -0.2) is 4.99 Å². The van der Waals surface area contributed by atoms with Gasteiger partial charge in [-0.1, -0.05) is 36.9 Å². The summed E-state index contributed by atoms with van der Waals surface area (Å²) in [5.74, 6) is -0.321. The Morgan fingerprint density at radius 2 is 2.00 bits per heavy atom. The van der Waals surface area contributed by atoms with Gasteiger partial charge in [-0.15, -0.1) is 0 Å². The highest BCUT2D eigenvalue weighted by molar-refractivity contribution is 5.97. The molecule has 0 aliphatic carbocycles. The van der Waals surface area contributed by atoms with Crippen molar-refractivity contribution < 1.29 is 4.79 Å². The minimum Gasteiger partial charge on any atom is -0.268 e. The zero-order valence-corrected chi connectivity index (χ0v) is 6.60. The van der Waals surface area contributed by atoms with Crippen molar-refractivity contribution in [2.24, 2.45) is 4.99 Å². The molecule has 1 rings (SSSR count). The SMILES string of the molecule is C=CC(=O)N=Cc1ccccc1. The molecule has 0 bridgehead atoms. The van der Waals surface area contributed by atoms with Crippen LogP contribution < -0.4 is 0 Å². The number of rotatable bonds is 2. The summed E-state index contributed by atoms with van der Waals surface area (Å²) in [6.45, 7) is 3.31. The zero-order valence-electron chi connectivity index (χ0n) is 6.60. The predicted octanol–water partition coefficient (Wildman–Crippen LogP) is 1.82. The molecule has 0 saturated carbocycles. The van der Waals surface area contributed by atoms with Crippen molar-refractivity contribution in [3.63, 3.8) is 0 Å². The van der Waals surface area contributed by atoms with Crippen LogP contribution >= 0.6 is 0 Å². The van der Waals surface area contributed by atoms with Crippen molar-refractivity contribution in [1.82, 2.24) is 0 Å². The van der Waals surface area contributed by atoms with Gasteiger partial charge in [-0.2, -0.15) is 0 Å². The Balaban J connectivity index is 2.70. The Kier molecular flexibility index (Phi) is 2.96. The fourth-order valence-corrected chi connectivity index (χ4v) is 0.730. The molecule has 0 aromatic heterocycles. The van der Waals surface area contributed by atoms with Crippen molar-refractivity contribution >= 4 is 12.1 Å². The number of aliphatic imine (C=N–C) groups is 1. The van der Waals surface area contributed by atoms with Crippen molar-refractivity contribution in [1.29, 1.82) is 0 Å². The van der Waals surface area contributed by atoms with Crippen LogP contribution in [0.3, 0.4) is 0 Å². The number of nitrogens with zero attached hydrogens (tertiary/aromatic N) is 1. The number of benzene rings is 1. The second kappa shape index (κ2) is 4.23. The lowest BCUT2D eigenvalue weighted by atomic mass is 10.2. The number of amides is 1. The molecule has 12 heavy (non-hydrogen) atoms. The first kappa shape index (κ1) is 8.40. The molecule has 1 aromatic carbocycles. The first-order valence-electron chi connectivity index (χ1n) is 3.58. The summed E-state index contributed by atoms with van der Waals surface area (Å²) < 4.78 is 0. The van der Waals surface area contributed by atoms with Gasteiger partial charge in [0.1, 0.15) is 0 Å². The summed E-state index contributed by atoms with van der Waals surface area (Å²) in [5, 5.41) is 0. The molecule has 2 nitrogen and oxygen atoms in total. The lowest BCUT2D eigenvalue weighted by Gasteiger charge is -1.87. The molecule has 0 atom stereocenters. The van der Waals surface area contributed by atoms with Gasteiger partial charge in [0, 0.05) is 6.21 Å². The third-order valence-electron chi connectivity index (χ3n) is 1.32. The van der Waals surface area contributed by atoms with Gasteiger partial charge in [0.05, 0.1) is 0 Å². The Morgan fingerprint density at radius 1 is 1.33 bits per heavy atom. The molecule has 1 amide bonds. The van der Waals surface area contributed by atoms with Crippen LogP contribution in [0.15, 0.2) is 48.0 Å². The summed E-state index contributed by atoms with van der Waals surface area (Å²) in [7, 11) is 0. The van der Waals surface area contributed by atoms with Gasteiger partial charge in [-0.3, -0.25) is 4.79 Å². The normalized spacial score (nSPS) is 10.0. The fourth-order valence-electron chi connectivity index (χ4n) is 0.730. The van der Waals surface area contributed by atoms with E-state index < -0.39 is 0 Å². The monoisotopic (exact) mass is 159 g/mol. The van der Waals surface area contributed by atoms with Crippen LogP contribution in [0.25, 0.3) is 0 Å². The first-order chi connectivity index (χ1) is 5.83. The number of hydrogen-bond donors (Lipinski definition) is 0. The van der Waals surface area contributed by atoms with E-state index in [1.165, 1.54) is 12.3 Å². The highest BCUT2D eigenvalue weighted by Gasteiger charge is 1.87. The number of carbonyl (C=O) groups is 1. The molecule has 2 heteroatoms. The minimum absolute atomic E-state index is 0.321. The molecule has 0 aliphatic heterocycles. The molecule has 0 spiro atoms. The molecule has 0 heterocycles. The first-order valence-corrected chi connectivity index (χ1v) is 3.58. The van der Waals surface area contributed by atoms with E-state index in [2.05, 4.69) is 11.6 Å². The molecule has 0 fully saturated rings. The van der Waals surface area contributed by atoms with E-state index in [-0.39, 0.29) is 5.91 Å². The summed E-state index contributed by atoms with van der Waals surface area (Å²) >= 11 is 0. The fraction of sp³-hybridized carbons (Fsp3) is 0. The highest BCUT2D eigenvalue weighted by Crippen LogP contribution is 1.93. The third kappa shape index (κ3) is 2.50. The predicted molar refractivity (Wildman–Crippen MR) is 49.2 cm³/mol. The minimum atomic E-state index is -0.321. The van der Waals surface area contributed by atoms with E-state index in [1.54, 1.807) is 0 Å². The molecule has 0 N–H and O–H groups in total. The number of hydrogen-bond acceptors (Lipinski definition) is 1. The van der Waals surface area contributed by atoms with E-state index in [0.717, 1.165) is 5.56 Å². The Labute approximate surface area is 71.3 Å². The Morgan fingerprint density at radius 3 is 2.58 bits per heavy atom. The maximum atomic E-state index is 10.7. The molecule has 0 radical (unpaired) electrons. The quantitative estimate of drug-likeness (QED) is 0.478. The smallest absolute Gasteiger partial charge is 0.268 e. The summed E-state index contributed by atoms with van der Waals surface area (Å²) in [5.41, 5.74) is 0.910. The van der Waals surface area contributed by atoms with Crippen LogP contribution in [-0.4, -0.2) is 12.1 Å². The van der Waals surface area contributed by atoms with Gasteiger partial charge in [0.15, 0.2) is 0 Å². The van der Waals surface area contributed by atoms with Crippen molar-refractivity contribution in [2.75, 3.05) is 0 Å². The molecular formula is C10H9NO. The molecule has 0 aliphatic rings. The molecular weight excluding hydrogens is 150 g/mol. The van der Waals surface area contributed by atoms with Gasteiger partial charge in [0.25, 0.3) is 5.91 Å². The molecule has 0 saturated heterocycles. The topological polar surface area (TPSA) is 29.4 Å². The Hall–Kier alpha value is -1.70. The summed E-state index contributed by atoms with van der Waals surface area (Å²) in [4.78, 5) is 14.3. The lowest BCUT2D eigenvalue weighted by molar-refractivity contribution is -0.113. The van der Waals surface area contributed by atoms with Gasteiger partial charge in [-0.05, 0) is 11.6 Å². The van der Waals surface area contributed by atoms with Crippen molar-refractivity contribution in [3.05, 3.63) is 48.6 Å². The van der Waals surface area contributed by atoms with Gasteiger partial charge < -0.3 is 0 Å². The number of carbonyl (C=O) groups excluding carboxylic acids is 1. The van der Waals surface area contributed by atoms with Crippen LogP contribution in [0.2, 0.25) is 0 Å². The van der Waals surface area contributed by atoms with Crippen LogP contribution in [0.5, 0.6) is 0 Å². The van der Waals surface area contributed by atoms with Gasteiger partial charge in [0.2, 0.25) is 0 Å². The van der Waals surface area contributed by atoms with Crippen molar-refractivity contribution in [3.8, 4) is 0 Å². The third-order valence-corrected chi connectivity index (χ3v) is 1.32. The van der Waals surface area contributed by atoms with Crippen molar-refractivity contribution in [2.45, 2.75) is 0 Å². The van der Waals surface area contributed by atoms with E-state index in [9.17, 15) is 4.79 Å². The average Bonchev–Trinajstić information content (AvgIpc) is 2.16. The molecule has 60 valence electrons. The molecule has 1 aromatic rings. The second-order valence-corrected chi connectivity index (χ2v) is 2.21. The van der Waals surface area contributed by atoms with E-state index >= 15 is 0 Å². The maximum Gasteiger partial charge on any atom is 0.269 e. The highest BCUT2D eigenvalue weighted by atomic mass is 16.1. The van der Waals surface area contributed by atoms with E-state index in [0.29, 0.717) is 0 Å². The van der Waals surface area contributed by atoms with Crippen LogP contribution in [0.1, 0.15) is 5.56 Å². The van der Waals surface area contributed by atoms with Crippen LogP contribution in [-0.2, 0) is 4.79 Å². The zero-order chi connectivity index (χ0) is 8.81. The van der Waals surface area contributed by atoms with E-state index in [1.807, 2.05) is 30.3 Å². The average molecular weight is 159 g/mol. The van der Waals surface area contributed by atoms with E-state index in [4.69, 9.17) is 0 Å². The summed E-state index contributed by atoms with van der Waals surface area (Å²) in [6, 6.07) is 9.44.